The number of aromatic nitrogens is 2. The lowest BCUT2D eigenvalue weighted by atomic mass is 9.93. The van der Waals surface area contributed by atoms with Crippen molar-refractivity contribution in [1.29, 1.82) is 0 Å². The fourth-order valence-corrected chi connectivity index (χ4v) is 3.06. The third-order valence-electron chi connectivity index (χ3n) is 4.46. The van der Waals surface area contributed by atoms with Crippen LogP contribution >= 0.6 is 0 Å². The highest BCUT2D eigenvalue weighted by molar-refractivity contribution is 6.04. The number of amides is 1. The number of pyridine rings is 2. The van der Waals surface area contributed by atoms with E-state index in [1.165, 1.54) is 18.3 Å². The van der Waals surface area contributed by atoms with E-state index in [9.17, 15) is 14.4 Å². The molecule has 3 rings (SSSR count). The van der Waals surface area contributed by atoms with E-state index in [1.54, 1.807) is 30.6 Å². The number of nitrogens with one attached hydrogen (secondary N) is 1. The summed E-state index contributed by atoms with van der Waals surface area (Å²) in [5, 5.41) is 11.6. The Morgan fingerprint density at radius 3 is 2.69 bits per heavy atom. The molecule has 0 aliphatic heterocycles. The number of carbonyl (C=O) groups is 2. The van der Waals surface area contributed by atoms with Gasteiger partial charge in [-0.3, -0.25) is 19.4 Å². The van der Waals surface area contributed by atoms with Gasteiger partial charge in [-0.2, -0.15) is 0 Å². The van der Waals surface area contributed by atoms with E-state index >= 15 is 0 Å². The van der Waals surface area contributed by atoms with E-state index in [-0.39, 0.29) is 5.91 Å². The lowest BCUT2D eigenvalue weighted by Crippen LogP contribution is -2.24. The number of nitrogens with zero attached hydrogens (tertiary/aromatic N) is 2. The van der Waals surface area contributed by atoms with Gasteiger partial charge in [0.1, 0.15) is 6.54 Å². The number of aliphatic carboxylic acids is 1. The summed E-state index contributed by atoms with van der Waals surface area (Å²) in [7, 11) is 0. The quantitative estimate of drug-likeness (QED) is 0.671. The summed E-state index contributed by atoms with van der Waals surface area (Å²) in [5.41, 5.74) is 3.31. The Morgan fingerprint density at radius 2 is 1.97 bits per heavy atom. The van der Waals surface area contributed by atoms with E-state index < -0.39 is 18.1 Å². The number of carboxylic acid groups (broad SMARTS) is 1. The topological polar surface area (TPSA) is 101 Å². The molecule has 0 unspecified atom stereocenters. The summed E-state index contributed by atoms with van der Waals surface area (Å²) in [5.74, 6) is -1.19. The van der Waals surface area contributed by atoms with Gasteiger partial charge in [-0.1, -0.05) is 26.0 Å². The monoisotopic (exact) mass is 391 g/mol. The molecule has 0 aliphatic rings. The van der Waals surface area contributed by atoms with Crippen LogP contribution in [0, 0.1) is 0 Å². The molecular weight excluding hydrogens is 370 g/mol. The number of benzene rings is 1. The molecule has 2 aromatic heterocycles. The smallest absolute Gasteiger partial charge is 0.323 e. The van der Waals surface area contributed by atoms with Crippen molar-refractivity contribution in [2.45, 2.75) is 26.3 Å². The van der Waals surface area contributed by atoms with Gasteiger partial charge in [0.25, 0.3) is 11.5 Å². The number of anilines is 1. The van der Waals surface area contributed by atoms with Crippen LogP contribution in [-0.2, 0) is 11.3 Å². The lowest BCUT2D eigenvalue weighted by molar-refractivity contribution is -0.137. The lowest BCUT2D eigenvalue weighted by Gasteiger charge is -2.13. The highest BCUT2D eigenvalue weighted by Crippen LogP contribution is 2.28. The molecule has 0 spiro atoms. The third-order valence-corrected chi connectivity index (χ3v) is 4.46. The zero-order valence-corrected chi connectivity index (χ0v) is 16.1. The molecule has 2 N–H and O–H groups in total. The summed E-state index contributed by atoms with van der Waals surface area (Å²) in [6.45, 7) is 3.72. The van der Waals surface area contributed by atoms with Crippen LogP contribution < -0.4 is 10.9 Å². The second kappa shape index (κ2) is 8.52. The van der Waals surface area contributed by atoms with Gasteiger partial charge in [0.2, 0.25) is 0 Å². The van der Waals surface area contributed by atoms with Crippen molar-refractivity contribution in [3.63, 3.8) is 0 Å². The number of carboxylic acids is 1. The second-order valence-corrected chi connectivity index (χ2v) is 6.93. The Bertz CT molecular complexity index is 1120. The van der Waals surface area contributed by atoms with Gasteiger partial charge in [0, 0.05) is 35.8 Å². The Labute approximate surface area is 167 Å². The Balaban J connectivity index is 1.88. The molecule has 0 atom stereocenters. The van der Waals surface area contributed by atoms with Gasteiger partial charge in [-0.15, -0.1) is 0 Å². The SMILES string of the molecule is CC(C)c1ccncc1-c1cccc(C(=O)Nc2ccc(=O)n(CC(=O)O)c2)c1. The van der Waals surface area contributed by atoms with Crippen LogP contribution in [0.25, 0.3) is 11.1 Å². The molecule has 1 aromatic carbocycles. The first-order valence-electron chi connectivity index (χ1n) is 9.13. The van der Waals surface area contributed by atoms with Crippen molar-refractivity contribution in [3.8, 4) is 11.1 Å². The molecular formula is C22H21N3O4. The molecule has 0 saturated heterocycles. The summed E-state index contributed by atoms with van der Waals surface area (Å²) < 4.78 is 1.03. The highest BCUT2D eigenvalue weighted by Gasteiger charge is 2.12. The van der Waals surface area contributed by atoms with E-state index in [2.05, 4.69) is 24.1 Å². The summed E-state index contributed by atoms with van der Waals surface area (Å²) in [4.78, 5) is 39.5. The molecule has 29 heavy (non-hydrogen) atoms. The molecule has 0 fully saturated rings. The number of rotatable bonds is 6. The van der Waals surface area contributed by atoms with Gasteiger partial charge >= 0.3 is 5.97 Å². The first-order chi connectivity index (χ1) is 13.8. The maximum atomic E-state index is 12.7. The van der Waals surface area contributed by atoms with Crippen molar-refractivity contribution < 1.29 is 14.7 Å². The molecule has 1 amide bonds. The molecule has 0 saturated carbocycles. The van der Waals surface area contributed by atoms with Crippen LogP contribution in [0.1, 0.15) is 35.7 Å². The predicted molar refractivity (Wildman–Crippen MR) is 110 cm³/mol. The van der Waals surface area contributed by atoms with Gasteiger partial charge in [0.15, 0.2) is 0 Å². The Kier molecular flexibility index (Phi) is 5.87. The second-order valence-electron chi connectivity index (χ2n) is 6.93. The van der Waals surface area contributed by atoms with Crippen LogP contribution in [0.4, 0.5) is 5.69 Å². The molecule has 7 heteroatoms. The first kappa shape index (κ1) is 20.0. The van der Waals surface area contributed by atoms with Gasteiger partial charge in [0.05, 0.1) is 5.69 Å². The van der Waals surface area contributed by atoms with Gasteiger partial charge in [-0.25, -0.2) is 0 Å². The Morgan fingerprint density at radius 1 is 1.17 bits per heavy atom. The molecule has 7 nitrogen and oxygen atoms in total. The van der Waals surface area contributed by atoms with E-state index in [4.69, 9.17) is 5.11 Å². The van der Waals surface area contributed by atoms with E-state index in [0.29, 0.717) is 17.2 Å². The minimum Gasteiger partial charge on any atom is -0.480 e. The molecule has 3 aromatic rings. The maximum absolute atomic E-state index is 12.7. The minimum atomic E-state index is -1.14. The van der Waals surface area contributed by atoms with Crippen molar-refractivity contribution in [2.75, 3.05) is 5.32 Å². The minimum absolute atomic E-state index is 0.306. The maximum Gasteiger partial charge on any atom is 0.323 e. The van der Waals surface area contributed by atoms with Crippen LogP contribution in [-0.4, -0.2) is 26.5 Å². The van der Waals surface area contributed by atoms with Crippen molar-refractivity contribution in [3.05, 3.63) is 82.5 Å². The first-order valence-corrected chi connectivity index (χ1v) is 9.13. The molecule has 148 valence electrons. The van der Waals surface area contributed by atoms with Gasteiger partial charge < -0.3 is 15.0 Å². The Hall–Kier alpha value is -3.74. The van der Waals surface area contributed by atoms with Crippen molar-refractivity contribution in [2.24, 2.45) is 0 Å². The highest BCUT2D eigenvalue weighted by atomic mass is 16.4. The summed E-state index contributed by atoms with van der Waals surface area (Å²) in [6.07, 6.45) is 4.85. The third kappa shape index (κ3) is 4.76. The number of carbonyl (C=O) groups excluding carboxylic acids is 1. The van der Waals surface area contributed by atoms with Crippen molar-refractivity contribution in [1.82, 2.24) is 9.55 Å². The average molecular weight is 391 g/mol. The number of hydrogen-bond acceptors (Lipinski definition) is 4. The van der Waals surface area contributed by atoms with E-state index in [0.717, 1.165) is 21.3 Å². The zero-order chi connectivity index (χ0) is 21.0. The zero-order valence-electron chi connectivity index (χ0n) is 16.1. The summed E-state index contributed by atoms with van der Waals surface area (Å²) >= 11 is 0. The molecule has 2 heterocycles. The normalized spacial score (nSPS) is 10.7. The van der Waals surface area contributed by atoms with Crippen LogP contribution in [0.15, 0.2) is 65.8 Å². The largest absolute Gasteiger partial charge is 0.480 e. The van der Waals surface area contributed by atoms with E-state index in [1.807, 2.05) is 12.1 Å². The summed E-state index contributed by atoms with van der Waals surface area (Å²) in [6, 6.07) is 11.8. The number of hydrogen-bond donors (Lipinski definition) is 2. The standard InChI is InChI=1S/C22H21N3O4/c1-14(2)18-8-9-23-11-19(18)15-4-3-5-16(10-15)22(29)24-17-6-7-20(26)25(12-17)13-21(27)28/h3-12,14H,13H2,1-2H3,(H,24,29)(H,27,28). The average Bonchev–Trinajstić information content (AvgIpc) is 2.70. The predicted octanol–water partition coefficient (Wildman–Crippen LogP) is 3.37. The fraction of sp³-hybridized carbons (Fsp3) is 0.182. The fourth-order valence-electron chi connectivity index (χ4n) is 3.06. The van der Waals surface area contributed by atoms with Crippen LogP contribution in [0.2, 0.25) is 0 Å². The van der Waals surface area contributed by atoms with Crippen LogP contribution in [0.3, 0.4) is 0 Å². The molecule has 0 radical (unpaired) electrons. The van der Waals surface area contributed by atoms with Gasteiger partial charge in [-0.05, 0) is 41.3 Å². The molecule has 0 bridgehead atoms. The van der Waals surface area contributed by atoms with Crippen molar-refractivity contribution >= 4 is 17.6 Å². The van der Waals surface area contributed by atoms with Crippen LogP contribution in [0.5, 0.6) is 0 Å². The molecule has 0 aliphatic carbocycles.